The molecule has 0 saturated heterocycles. The van der Waals surface area contributed by atoms with Gasteiger partial charge in [-0.3, -0.25) is 0 Å². The number of aryl methyl sites for hydroxylation is 1. The Balaban J connectivity index is 2.95. The van der Waals surface area contributed by atoms with E-state index >= 15 is 0 Å². The van der Waals surface area contributed by atoms with Crippen LogP contribution in [0.15, 0.2) is 18.2 Å². The van der Waals surface area contributed by atoms with Gasteiger partial charge in [0.25, 0.3) is 0 Å². The summed E-state index contributed by atoms with van der Waals surface area (Å²) < 4.78 is 0. The van der Waals surface area contributed by atoms with Crippen LogP contribution in [0.5, 0.6) is 0 Å². The van der Waals surface area contributed by atoms with Crippen LogP contribution in [0.25, 0.3) is 0 Å². The lowest BCUT2D eigenvalue weighted by Crippen LogP contribution is -1.95. The van der Waals surface area contributed by atoms with Crippen LogP contribution in [0.4, 0.5) is 0 Å². The third-order valence-electron chi connectivity index (χ3n) is 2.72. The van der Waals surface area contributed by atoms with Crippen LogP contribution in [-0.4, -0.2) is 5.11 Å². The van der Waals surface area contributed by atoms with Gasteiger partial charge in [-0.1, -0.05) is 32.0 Å². The number of aliphatic hydroxyl groups excluding tert-OH is 1. The predicted molar refractivity (Wildman–Crippen MR) is 55.8 cm³/mol. The molecule has 0 amide bonds. The fraction of sp³-hybridized carbons (Fsp3) is 0.500. The van der Waals surface area contributed by atoms with Crippen LogP contribution in [0.1, 0.15) is 42.9 Å². The van der Waals surface area contributed by atoms with Gasteiger partial charge >= 0.3 is 0 Å². The zero-order chi connectivity index (χ0) is 9.84. The van der Waals surface area contributed by atoms with Gasteiger partial charge in [-0.25, -0.2) is 0 Å². The maximum absolute atomic E-state index is 9.01. The van der Waals surface area contributed by atoms with Crippen LogP contribution in [-0.2, 0) is 6.61 Å². The Morgan fingerprint density at radius 2 is 2.08 bits per heavy atom. The van der Waals surface area contributed by atoms with Crippen LogP contribution >= 0.6 is 0 Å². The molecule has 0 aromatic heterocycles. The molecular formula is C12H18O. The molecule has 0 aliphatic heterocycles. The van der Waals surface area contributed by atoms with Crippen LogP contribution in [0.2, 0.25) is 0 Å². The van der Waals surface area contributed by atoms with Crippen molar-refractivity contribution in [2.24, 2.45) is 0 Å². The Morgan fingerprint density at radius 3 is 2.54 bits per heavy atom. The number of benzene rings is 1. The number of hydrogen-bond acceptors (Lipinski definition) is 1. The molecule has 1 aromatic rings. The second kappa shape index (κ2) is 4.43. The van der Waals surface area contributed by atoms with E-state index in [0.717, 1.165) is 12.0 Å². The lowest BCUT2D eigenvalue weighted by Gasteiger charge is -2.11. The van der Waals surface area contributed by atoms with Crippen molar-refractivity contribution in [3.63, 3.8) is 0 Å². The van der Waals surface area contributed by atoms with Gasteiger partial charge in [0.15, 0.2) is 0 Å². The second-order valence-electron chi connectivity index (χ2n) is 3.65. The van der Waals surface area contributed by atoms with Gasteiger partial charge in [0, 0.05) is 0 Å². The van der Waals surface area contributed by atoms with E-state index < -0.39 is 0 Å². The van der Waals surface area contributed by atoms with Crippen molar-refractivity contribution in [2.75, 3.05) is 0 Å². The zero-order valence-corrected chi connectivity index (χ0v) is 8.67. The van der Waals surface area contributed by atoms with E-state index in [1.165, 1.54) is 11.1 Å². The molecule has 1 nitrogen and oxygen atoms in total. The molecule has 1 unspecified atom stereocenters. The quantitative estimate of drug-likeness (QED) is 0.754. The van der Waals surface area contributed by atoms with Crippen molar-refractivity contribution in [3.05, 3.63) is 34.9 Å². The normalized spacial score (nSPS) is 12.9. The number of hydrogen-bond donors (Lipinski definition) is 1. The molecule has 0 bridgehead atoms. The van der Waals surface area contributed by atoms with Crippen molar-refractivity contribution >= 4 is 0 Å². The highest BCUT2D eigenvalue weighted by molar-refractivity contribution is 5.32. The van der Waals surface area contributed by atoms with E-state index in [1.54, 1.807) is 0 Å². The summed E-state index contributed by atoms with van der Waals surface area (Å²) in [6, 6.07) is 6.32. The molecule has 0 radical (unpaired) electrons. The molecule has 72 valence electrons. The molecule has 1 atom stereocenters. The molecule has 0 spiro atoms. The molecule has 0 aliphatic rings. The SMILES string of the molecule is CCC(C)c1ccc(CO)c(C)c1. The summed E-state index contributed by atoms with van der Waals surface area (Å²) in [6.45, 7) is 6.62. The Hall–Kier alpha value is -0.820. The fourth-order valence-electron chi connectivity index (χ4n) is 1.44. The largest absolute Gasteiger partial charge is 0.392 e. The van der Waals surface area contributed by atoms with Crippen LogP contribution < -0.4 is 0 Å². The minimum atomic E-state index is 0.145. The first-order valence-electron chi connectivity index (χ1n) is 4.89. The number of aliphatic hydroxyl groups is 1. The average Bonchev–Trinajstić information content (AvgIpc) is 2.16. The molecule has 0 aliphatic carbocycles. The molecule has 1 N–H and O–H groups in total. The minimum Gasteiger partial charge on any atom is -0.392 e. The monoisotopic (exact) mass is 178 g/mol. The van der Waals surface area contributed by atoms with Gasteiger partial charge in [-0.15, -0.1) is 0 Å². The highest BCUT2D eigenvalue weighted by Crippen LogP contribution is 2.21. The van der Waals surface area contributed by atoms with Crippen LogP contribution in [0, 0.1) is 6.92 Å². The van der Waals surface area contributed by atoms with Crippen molar-refractivity contribution in [2.45, 2.75) is 39.7 Å². The standard InChI is InChI=1S/C12H18O/c1-4-9(2)11-5-6-12(8-13)10(3)7-11/h5-7,9,13H,4,8H2,1-3H3. The van der Waals surface area contributed by atoms with Gasteiger partial charge < -0.3 is 5.11 Å². The topological polar surface area (TPSA) is 20.2 Å². The van der Waals surface area contributed by atoms with Gasteiger partial charge in [-0.05, 0) is 36.0 Å². The van der Waals surface area contributed by atoms with E-state index in [0.29, 0.717) is 5.92 Å². The molecule has 0 saturated carbocycles. The summed E-state index contributed by atoms with van der Waals surface area (Å²) in [4.78, 5) is 0. The van der Waals surface area contributed by atoms with E-state index in [9.17, 15) is 0 Å². The molecule has 13 heavy (non-hydrogen) atoms. The smallest absolute Gasteiger partial charge is 0.0684 e. The van der Waals surface area contributed by atoms with Gasteiger partial charge in [0.2, 0.25) is 0 Å². The summed E-state index contributed by atoms with van der Waals surface area (Å²) in [5.41, 5.74) is 3.60. The molecule has 1 heteroatoms. The van der Waals surface area contributed by atoms with E-state index in [2.05, 4.69) is 32.9 Å². The first-order valence-corrected chi connectivity index (χ1v) is 4.89. The Labute approximate surface area is 80.4 Å². The number of rotatable bonds is 3. The highest BCUT2D eigenvalue weighted by atomic mass is 16.3. The van der Waals surface area contributed by atoms with Gasteiger partial charge in [0.05, 0.1) is 6.61 Å². The van der Waals surface area contributed by atoms with Gasteiger partial charge in [0.1, 0.15) is 0 Å². The molecule has 1 rings (SSSR count). The molecule has 0 fully saturated rings. The lowest BCUT2D eigenvalue weighted by molar-refractivity contribution is 0.281. The highest BCUT2D eigenvalue weighted by Gasteiger charge is 2.04. The third kappa shape index (κ3) is 2.31. The lowest BCUT2D eigenvalue weighted by atomic mass is 9.95. The summed E-state index contributed by atoms with van der Waals surface area (Å²) in [7, 11) is 0. The maximum Gasteiger partial charge on any atom is 0.0684 e. The van der Waals surface area contributed by atoms with Crippen LogP contribution in [0.3, 0.4) is 0 Å². The molecule has 1 aromatic carbocycles. The van der Waals surface area contributed by atoms with Crippen molar-refractivity contribution in [3.8, 4) is 0 Å². The first-order chi connectivity index (χ1) is 6.19. The Bertz CT molecular complexity index is 278. The maximum atomic E-state index is 9.01. The van der Waals surface area contributed by atoms with Crippen molar-refractivity contribution < 1.29 is 5.11 Å². The van der Waals surface area contributed by atoms with Crippen molar-refractivity contribution in [1.29, 1.82) is 0 Å². The average molecular weight is 178 g/mol. The molecular weight excluding hydrogens is 160 g/mol. The summed E-state index contributed by atoms with van der Waals surface area (Å²) in [5, 5.41) is 9.01. The summed E-state index contributed by atoms with van der Waals surface area (Å²) in [5.74, 6) is 0.617. The summed E-state index contributed by atoms with van der Waals surface area (Å²) in [6.07, 6.45) is 1.16. The Kier molecular flexibility index (Phi) is 3.49. The minimum absolute atomic E-state index is 0.145. The zero-order valence-electron chi connectivity index (χ0n) is 8.67. The van der Waals surface area contributed by atoms with Crippen molar-refractivity contribution in [1.82, 2.24) is 0 Å². The van der Waals surface area contributed by atoms with E-state index in [4.69, 9.17) is 5.11 Å². The summed E-state index contributed by atoms with van der Waals surface area (Å²) >= 11 is 0. The van der Waals surface area contributed by atoms with E-state index in [1.807, 2.05) is 6.07 Å². The first kappa shape index (κ1) is 10.3. The van der Waals surface area contributed by atoms with Gasteiger partial charge in [-0.2, -0.15) is 0 Å². The fourth-order valence-corrected chi connectivity index (χ4v) is 1.44. The molecule has 0 heterocycles. The Morgan fingerprint density at radius 1 is 1.38 bits per heavy atom. The third-order valence-corrected chi connectivity index (χ3v) is 2.72. The second-order valence-corrected chi connectivity index (χ2v) is 3.65. The van der Waals surface area contributed by atoms with E-state index in [-0.39, 0.29) is 6.61 Å². The predicted octanol–water partition coefficient (Wildman–Crippen LogP) is 3.00.